The molecule has 1 fully saturated rings. The molecule has 2 heterocycles. The summed E-state index contributed by atoms with van der Waals surface area (Å²) in [6.07, 6.45) is 30.5. The highest BCUT2D eigenvalue weighted by Gasteiger charge is 2.38. The molecule has 0 aromatic heterocycles. The Labute approximate surface area is 364 Å². The first-order valence-corrected chi connectivity index (χ1v) is 38.0. The second-order valence-corrected chi connectivity index (χ2v) is 39.8. The third-order valence-corrected chi connectivity index (χ3v) is 15.1. The Morgan fingerprint density at radius 1 is 0.586 bits per heavy atom. The molecule has 2 aliphatic heterocycles. The molecule has 0 N–H and O–H groups in total. The van der Waals surface area contributed by atoms with Crippen LogP contribution in [-0.2, 0) is 32.0 Å². The van der Waals surface area contributed by atoms with Crippen molar-refractivity contribution < 1.29 is 32.0 Å². The summed E-state index contributed by atoms with van der Waals surface area (Å²) in [4.78, 5) is 12.3. The van der Waals surface area contributed by atoms with Gasteiger partial charge in [0.2, 0.25) is 0 Å². The van der Waals surface area contributed by atoms with Gasteiger partial charge in [-0.15, -0.1) is 0 Å². The van der Waals surface area contributed by atoms with Crippen LogP contribution in [0.5, 0.6) is 0 Å². The largest absolute Gasteiger partial charge is 0.455 e. The summed E-state index contributed by atoms with van der Waals surface area (Å²) >= 11 is 0. The molecular formula is C47H96O7Si4. The van der Waals surface area contributed by atoms with Crippen LogP contribution >= 0.6 is 0 Å². The van der Waals surface area contributed by atoms with E-state index in [9.17, 15) is 4.79 Å². The lowest BCUT2D eigenvalue weighted by Gasteiger charge is -2.38. The van der Waals surface area contributed by atoms with Crippen LogP contribution in [0.25, 0.3) is 0 Å². The van der Waals surface area contributed by atoms with E-state index in [1.807, 2.05) is 13.0 Å². The normalized spacial score (nSPS) is 21.6. The molecule has 58 heavy (non-hydrogen) atoms. The van der Waals surface area contributed by atoms with Crippen molar-refractivity contribution >= 4 is 39.2 Å². The fraction of sp³-hybridized carbons (Fsp3) is 0.936. The minimum Gasteiger partial charge on any atom is -0.455 e. The van der Waals surface area contributed by atoms with Crippen molar-refractivity contribution in [2.75, 3.05) is 0 Å². The van der Waals surface area contributed by atoms with E-state index in [0.717, 1.165) is 69.8 Å². The molecular weight excluding hydrogens is 789 g/mol. The quantitative estimate of drug-likeness (QED) is 0.0362. The van der Waals surface area contributed by atoms with E-state index >= 15 is 0 Å². The average Bonchev–Trinajstić information content (AvgIpc) is 3.68. The van der Waals surface area contributed by atoms with Crippen molar-refractivity contribution in [2.45, 2.75) is 283 Å². The van der Waals surface area contributed by atoms with Crippen LogP contribution in [0, 0.1) is 0 Å². The lowest BCUT2D eigenvalue weighted by atomic mass is 9.97. The first-order valence-electron chi connectivity index (χ1n) is 24.3. The second-order valence-electron chi connectivity index (χ2n) is 21.9. The molecule has 7 nitrogen and oxygen atoms in total. The molecule has 11 heteroatoms. The number of rotatable bonds is 34. The highest BCUT2D eigenvalue weighted by molar-refractivity contribution is 6.70. The highest BCUT2D eigenvalue weighted by atomic mass is 28.4. The summed E-state index contributed by atoms with van der Waals surface area (Å²) < 4.78 is 39.8. The molecule has 0 aromatic carbocycles. The van der Waals surface area contributed by atoms with E-state index in [1.165, 1.54) is 77.0 Å². The van der Waals surface area contributed by atoms with Crippen molar-refractivity contribution in [3.05, 3.63) is 11.6 Å². The third kappa shape index (κ3) is 26.4. The SMILES string of the molecule is CCCCCCCCCCCCCCC(O[Si](C)(C)C)C(CC[C@H](O[Si](C)(C)C)[C@H]1CC[C@H](CCCCCC(CC2=CC(C)OC2=O)O[Si](C)(C)C)O1)O[Si](C)(C)C. The van der Waals surface area contributed by atoms with Gasteiger partial charge in [0.15, 0.2) is 33.3 Å². The highest BCUT2D eigenvalue weighted by Crippen LogP contribution is 2.33. The number of hydrogen-bond donors (Lipinski definition) is 0. The van der Waals surface area contributed by atoms with E-state index in [0.29, 0.717) is 12.5 Å². The molecule has 0 spiro atoms. The van der Waals surface area contributed by atoms with E-state index < -0.39 is 33.3 Å². The Balaban J connectivity index is 1.93. The zero-order valence-corrected chi connectivity index (χ0v) is 44.7. The first kappa shape index (κ1) is 54.0. The van der Waals surface area contributed by atoms with Crippen molar-refractivity contribution in [3.8, 4) is 0 Å². The molecule has 7 atom stereocenters. The van der Waals surface area contributed by atoms with Gasteiger partial charge in [0.25, 0.3) is 0 Å². The maximum Gasteiger partial charge on any atom is 0.334 e. The summed E-state index contributed by atoms with van der Waals surface area (Å²) in [7, 11) is -7.15. The van der Waals surface area contributed by atoms with Gasteiger partial charge in [-0.1, -0.05) is 103 Å². The van der Waals surface area contributed by atoms with Gasteiger partial charge < -0.3 is 27.2 Å². The molecule has 342 valence electrons. The van der Waals surface area contributed by atoms with Crippen LogP contribution in [0.4, 0.5) is 0 Å². The molecule has 4 unspecified atom stereocenters. The monoisotopic (exact) mass is 885 g/mol. The van der Waals surface area contributed by atoms with Crippen LogP contribution in [-0.4, -0.2) is 82.0 Å². The molecule has 0 amide bonds. The third-order valence-electron chi connectivity index (χ3n) is 11.1. The van der Waals surface area contributed by atoms with Crippen molar-refractivity contribution in [3.63, 3.8) is 0 Å². The topological polar surface area (TPSA) is 72.5 Å². The summed E-state index contributed by atoms with van der Waals surface area (Å²) in [6, 6.07) is 0. The molecule has 1 saturated heterocycles. The number of ether oxygens (including phenoxy) is 2. The molecule has 2 rings (SSSR count). The minimum absolute atomic E-state index is 0.0800. The van der Waals surface area contributed by atoms with Crippen LogP contribution in [0.1, 0.15) is 162 Å². The second kappa shape index (κ2) is 27.1. The summed E-state index contributed by atoms with van der Waals surface area (Å²) in [6.45, 7) is 31.9. The maximum absolute atomic E-state index is 12.3. The smallest absolute Gasteiger partial charge is 0.334 e. The Kier molecular flexibility index (Phi) is 25.3. The van der Waals surface area contributed by atoms with Gasteiger partial charge in [0.05, 0.1) is 30.5 Å². The van der Waals surface area contributed by atoms with Crippen LogP contribution < -0.4 is 0 Å². The van der Waals surface area contributed by atoms with Gasteiger partial charge in [0.1, 0.15) is 6.10 Å². The number of cyclic esters (lactones) is 1. The molecule has 0 aromatic rings. The van der Waals surface area contributed by atoms with Crippen LogP contribution in [0.2, 0.25) is 78.6 Å². The number of carbonyl (C=O) groups is 1. The summed E-state index contributed by atoms with van der Waals surface area (Å²) in [5, 5.41) is 0. The fourth-order valence-electron chi connectivity index (χ4n) is 8.71. The van der Waals surface area contributed by atoms with E-state index in [4.69, 9.17) is 27.2 Å². The van der Waals surface area contributed by atoms with E-state index in [-0.39, 0.29) is 42.6 Å². The van der Waals surface area contributed by atoms with Gasteiger partial charge in [-0.25, -0.2) is 4.79 Å². The van der Waals surface area contributed by atoms with E-state index in [1.54, 1.807) is 0 Å². The standard InChI is InChI=1S/C47H96O7Si4/c1-15-16-17-18-19-20-21-22-23-24-25-29-32-44(52-56(6,7)8)46(54-58(12,13)14)36-35-45(53-57(9,10)11)43-34-33-41(50-43)30-27-26-28-31-42(51-55(3,4)5)38-40-37-39(2)49-47(40)48/h37,39,41-46H,15-36,38H2,1-14H3/t39?,41-,42?,43+,44?,45-,46?/m0/s1. The Bertz CT molecular complexity index is 1140. The molecule has 0 saturated carbocycles. The summed E-state index contributed by atoms with van der Waals surface area (Å²) in [5.74, 6) is -0.172. The Hall–Kier alpha value is -0.122. The molecule has 0 aliphatic carbocycles. The first-order chi connectivity index (χ1) is 27.0. The van der Waals surface area contributed by atoms with Gasteiger partial charge in [-0.05, 0) is 137 Å². The number of carbonyl (C=O) groups excluding carboxylic acids is 1. The lowest BCUT2D eigenvalue weighted by molar-refractivity contribution is -0.139. The van der Waals surface area contributed by atoms with Crippen molar-refractivity contribution in [1.82, 2.24) is 0 Å². The van der Waals surface area contributed by atoms with Gasteiger partial charge >= 0.3 is 5.97 Å². The minimum atomic E-state index is -1.82. The Morgan fingerprint density at radius 3 is 1.57 bits per heavy atom. The van der Waals surface area contributed by atoms with Crippen molar-refractivity contribution in [2.24, 2.45) is 0 Å². The van der Waals surface area contributed by atoms with Crippen LogP contribution in [0.15, 0.2) is 11.6 Å². The number of hydrogen-bond acceptors (Lipinski definition) is 7. The zero-order valence-electron chi connectivity index (χ0n) is 40.7. The van der Waals surface area contributed by atoms with Gasteiger partial charge in [-0.3, -0.25) is 0 Å². The van der Waals surface area contributed by atoms with Gasteiger partial charge in [0, 0.05) is 18.1 Å². The maximum atomic E-state index is 12.3. The zero-order chi connectivity index (χ0) is 43.4. The molecule has 0 radical (unpaired) electrons. The van der Waals surface area contributed by atoms with Crippen LogP contribution in [0.3, 0.4) is 0 Å². The predicted octanol–water partition coefficient (Wildman–Crippen LogP) is 14.5. The fourth-order valence-corrected chi connectivity index (χ4v) is 13.4. The summed E-state index contributed by atoms with van der Waals surface area (Å²) in [5.41, 5.74) is 0.785. The van der Waals surface area contributed by atoms with Gasteiger partial charge in [-0.2, -0.15) is 0 Å². The molecule has 2 aliphatic rings. The van der Waals surface area contributed by atoms with Crippen molar-refractivity contribution in [1.29, 1.82) is 0 Å². The van der Waals surface area contributed by atoms with E-state index in [2.05, 4.69) is 85.5 Å². The predicted molar refractivity (Wildman–Crippen MR) is 257 cm³/mol. The molecule has 0 bridgehead atoms. The lowest BCUT2D eigenvalue weighted by Crippen LogP contribution is -2.46. The Morgan fingerprint density at radius 2 is 1.07 bits per heavy atom. The number of unbranched alkanes of at least 4 members (excludes halogenated alkanes) is 13. The average molecular weight is 886 g/mol. The number of esters is 1.